The molecule has 0 atom stereocenters. The average Bonchev–Trinajstić information content (AvgIpc) is 2.30. The molecular formula is C14H21BrFNO. The molecule has 0 saturated heterocycles. The lowest BCUT2D eigenvalue weighted by Crippen LogP contribution is -2.16. The van der Waals surface area contributed by atoms with E-state index in [0.29, 0.717) is 6.10 Å². The summed E-state index contributed by atoms with van der Waals surface area (Å²) in [6.45, 7) is 6.62. The van der Waals surface area contributed by atoms with Crippen LogP contribution in [0.3, 0.4) is 0 Å². The lowest BCUT2D eigenvalue weighted by atomic mass is 10.2. The van der Waals surface area contributed by atoms with Crippen molar-refractivity contribution in [3.8, 4) is 0 Å². The van der Waals surface area contributed by atoms with Gasteiger partial charge < -0.3 is 10.1 Å². The molecule has 0 radical (unpaired) electrons. The molecule has 0 unspecified atom stereocenters. The molecule has 0 heterocycles. The van der Waals surface area contributed by atoms with Gasteiger partial charge in [-0.3, -0.25) is 0 Å². The quantitative estimate of drug-likeness (QED) is 0.735. The number of halogens is 2. The SMILES string of the molecule is CC(C)OCCCCNCc1ccc(F)cc1Br. The molecule has 1 rings (SSSR count). The molecule has 4 heteroatoms. The summed E-state index contributed by atoms with van der Waals surface area (Å²) >= 11 is 3.36. The van der Waals surface area contributed by atoms with Crippen LogP contribution >= 0.6 is 15.9 Å². The zero-order valence-electron chi connectivity index (χ0n) is 11.0. The first kappa shape index (κ1) is 15.6. The van der Waals surface area contributed by atoms with Crippen LogP contribution in [0, 0.1) is 5.82 Å². The van der Waals surface area contributed by atoms with E-state index in [-0.39, 0.29) is 5.82 Å². The number of benzene rings is 1. The number of ether oxygens (including phenoxy) is 1. The van der Waals surface area contributed by atoms with Crippen molar-refractivity contribution in [2.75, 3.05) is 13.2 Å². The van der Waals surface area contributed by atoms with Crippen LogP contribution in [0.1, 0.15) is 32.3 Å². The van der Waals surface area contributed by atoms with E-state index in [0.717, 1.165) is 42.6 Å². The monoisotopic (exact) mass is 317 g/mol. The van der Waals surface area contributed by atoms with E-state index in [1.165, 1.54) is 12.1 Å². The van der Waals surface area contributed by atoms with Crippen molar-refractivity contribution in [3.63, 3.8) is 0 Å². The van der Waals surface area contributed by atoms with E-state index in [9.17, 15) is 4.39 Å². The van der Waals surface area contributed by atoms with Gasteiger partial charge in [-0.05, 0) is 50.9 Å². The Morgan fingerprint density at radius 3 is 2.78 bits per heavy atom. The van der Waals surface area contributed by atoms with E-state index in [1.807, 2.05) is 13.8 Å². The number of hydrogen-bond donors (Lipinski definition) is 1. The van der Waals surface area contributed by atoms with Crippen LogP contribution in [0.2, 0.25) is 0 Å². The molecule has 0 fully saturated rings. The summed E-state index contributed by atoms with van der Waals surface area (Å²) in [5.41, 5.74) is 1.08. The van der Waals surface area contributed by atoms with Crippen LogP contribution in [0.25, 0.3) is 0 Å². The summed E-state index contributed by atoms with van der Waals surface area (Å²) < 4.78 is 19.2. The fraction of sp³-hybridized carbons (Fsp3) is 0.571. The Kier molecular flexibility index (Phi) is 7.47. The van der Waals surface area contributed by atoms with E-state index in [1.54, 1.807) is 6.07 Å². The Balaban J connectivity index is 2.11. The lowest BCUT2D eigenvalue weighted by molar-refractivity contribution is 0.0760. The van der Waals surface area contributed by atoms with Crippen molar-refractivity contribution in [3.05, 3.63) is 34.1 Å². The first-order valence-electron chi connectivity index (χ1n) is 6.36. The molecule has 0 aliphatic carbocycles. The molecular weight excluding hydrogens is 297 g/mol. The van der Waals surface area contributed by atoms with Crippen LogP contribution in [0.5, 0.6) is 0 Å². The molecule has 0 aromatic heterocycles. The van der Waals surface area contributed by atoms with Crippen LogP contribution in [-0.2, 0) is 11.3 Å². The first-order valence-corrected chi connectivity index (χ1v) is 7.15. The Labute approximate surface area is 117 Å². The topological polar surface area (TPSA) is 21.3 Å². The molecule has 18 heavy (non-hydrogen) atoms. The van der Waals surface area contributed by atoms with Gasteiger partial charge in [-0.1, -0.05) is 22.0 Å². The minimum absolute atomic E-state index is 0.212. The predicted molar refractivity (Wildman–Crippen MR) is 76.1 cm³/mol. The average molecular weight is 318 g/mol. The van der Waals surface area contributed by atoms with Crippen molar-refractivity contribution in [2.45, 2.75) is 39.3 Å². The molecule has 0 aliphatic heterocycles. The van der Waals surface area contributed by atoms with Gasteiger partial charge in [-0.15, -0.1) is 0 Å². The van der Waals surface area contributed by atoms with Crippen molar-refractivity contribution in [1.82, 2.24) is 5.32 Å². The van der Waals surface area contributed by atoms with E-state index < -0.39 is 0 Å². The third-order valence-corrected chi connectivity index (χ3v) is 3.27. The molecule has 1 aromatic rings. The van der Waals surface area contributed by atoms with Crippen LogP contribution in [-0.4, -0.2) is 19.3 Å². The summed E-state index contributed by atoms with van der Waals surface area (Å²) in [6.07, 6.45) is 2.47. The number of hydrogen-bond acceptors (Lipinski definition) is 2. The molecule has 1 aromatic carbocycles. The number of nitrogens with one attached hydrogen (secondary N) is 1. The van der Waals surface area contributed by atoms with Gasteiger partial charge in [0.2, 0.25) is 0 Å². The second-order valence-electron chi connectivity index (χ2n) is 4.54. The molecule has 2 nitrogen and oxygen atoms in total. The van der Waals surface area contributed by atoms with Gasteiger partial charge in [0, 0.05) is 17.6 Å². The van der Waals surface area contributed by atoms with Crippen molar-refractivity contribution < 1.29 is 9.13 Å². The van der Waals surface area contributed by atoms with Crippen molar-refractivity contribution >= 4 is 15.9 Å². The van der Waals surface area contributed by atoms with Crippen molar-refractivity contribution in [2.24, 2.45) is 0 Å². The first-order chi connectivity index (χ1) is 8.59. The summed E-state index contributed by atoms with van der Waals surface area (Å²) in [4.78, 5) is 0. The van der Waals surface area contributed by atoms with Gasteiger partial charge in [0.05, 0.1) is 6.10 Å². The molecule has 102 valence electrons. The molecule has 0 spiro atoms. The lowest BCUT2D eigenvalue weighted by Gasteiger charge is -2.08. The third kappa shape index (κ3) is 6.47. The van der Waals surface area contributed by atoms with Crippen LogP contribution in [0.4, 0.5) is 4.39 Å². The zero-order chi connectivity index (χ0) is 13.4. The Hall–Kier alpha value is -0.450. The molecule has 1 N–H and O–H groups in total. The van der Waals surface area contributed by atoms with Gasteiger partial charge in [-0.2, -0.15) is 0 Å². The Bertz CT molecular complexity index is 358. The fourth-order valence-corrected chi connectivity index (χ4v) is 2.05. The molecule has 0 bridgehead atoms. The Morgan fingerprint density at radius 2 is 2.11 bits per heavy atom. The minimum atomic E-state index is -0.212. The van der Waals surface area contributed by atoms with Crippen molar-refractivity contribution in [1.29, 1.82) is 0 Å². The van der Waals surface area contributed by atoms with Gasteiger partial charge in [0.15, 0.2) is 0 Å². The smallest absolute Gasteiger partial charge is 0.124 e. The predicted octanol–water partition coefficient (Wildman–Crippen LogP) is 3.88. The van der Waals surface area contributed by atoms with Gasteiger partial charge >= 0.3 is 0 Å². The second kappa shape index (κ2) is 8.62. The van der Waals surface area contributed by atoms with Gasteiger partial charge in [0.25, 0.3) is 0 Å². The fourth-order valence-electron chi connectivity index (χ4n) is 1.56. The van der Waals surface area contributed by atoms with Crippen LogP contribution < -0.4 is 5.32 Å². The van der Waals surface area contributed by atoms with E-state index in [2.05, 4.69) is 21.2 Å². The molecule has 0 saturated carbocycles. The van der Waals surface area contributed by atoms with Crippen LogP contribution in [0.15, 0.2) is 22.7 Å². The maximum absolute atomic E-state index is 12.9. The second-order valence-corrected chi connectivity index (χ2v) is 5.39. The summed E-state index contributed by atoms with van der Waals surface area (Å²) in [6, 6.07) is 4.78. The standard InChI is InChI=1S/C14H21BrFNO/c1-11(2)18-8-4-3-7-17-10-12-5-6-13(16)9-14(12)15/h5-6,9,11,17H,3-4,7-8,10H2,1-2H3. The highest BCUT2D eigenvalue weighted by molar-refractivity contribution is 9.10. The normalized spacial score (nSPS) is 11.2. The highest BCUT2D eigenvalue weighted by atomic mass is 79.9. The maximum atomic E-state index is 12.9. The summed E-state index contributed by atoms with van der Waals surface area (Å²) in [7, 11) is 0. The highest BCUT2D eigenvalue weighted by Crippen LogP contribution is 2.17. The van der Waals surface area contributed by atoms with Gasteiger partial charge in [0.1, 0.15) is 5.82 Å². The third-order valence-electron chi connectivity index (χ3n) is 2.53. The molecule has 0 amide bonds. The zero-order valence-corrected chi connectivity index (χ0v) is 12.6. The van der Waals surface area contributed by atoms with Gasteiger partial charge in [-0.25, -0.2) is 4.39 Å². The summed E-state index contributed by atoms with van der Waals surface area (Å²) in [5.74, 6) is -0.212. The largest absolute Gasteiger partial charge is 0.379 e. The maximum Gasteiger partial charge on any atom is 0.124 e. The molecule has 0 aliphatic rings. The highest BCUT2D eigenvalue weighted by Gasteiger charge is 2.00. The minimum Gasteiger partial charge on any atom is -0.379 e. The Morgan fingerprint density at radius 1 is 1.33 bits per heavy atom. The van der Waals surface area contributed by atoms with E-state index >= 15 is 0 Å². The summed E-state index contributed by atoms with van der Waals surface area (Å²) in [5, 5.41) is 3.34. The van der Waals surface area contributed by atoms with E-state index in [4.69, 9.17) is 4.74 Å². The number of rotatable bonds is 8. The number of unbranched alkanes of at least 4 members (excludes halogenated alkanes) is 1.